The zero-order valence-electron chi connectivity index (χ0n) is 14.2. The van der Waals surface area contributed by atoms with E-state index < -0.39 is 6.10 Å². The van der Waals surface area contributed by atoms with Crippen molar-refractivity contribution in [2.24, 2.45) is 0 Å². The van der Waals surface area contributed by atoms with Crippen molar-refractivity contribution < 1.29 is 9.53 Å². The maximum Gasteiger partial charge on any atom is 0.265 e. The van der Waals surface area contributed by atoms with Crippen LogP contribution in [-0.2, 0) is 4.79 Å². The summed E-state index contributed by atoms with van der Waals surface area (Å²) in [5.41, 5.74) is 2.95. The van der Waals surface area contributed by atoms with E-state index in [1.165, 1.54) is 0 Å². The van der Waals surface area contributed by atoms with E-state index in [-0.39, 0.29) is 5.91 Å². The topological polar surface area (TPSA) is 38.3 Å². The Morgan fingerprint density at radius 1 is 1.12 bits per heavy atom. The number of ether oxygens (including phenoxy) is 1. The Balaban J connectivity index is 2.17. The van der Waals surface area contributed by atoms with Crippen molar-refractivity contribution in [3.8, 4) is 5.75 Å². The highest BCUT2D eigenvalue weighted by Crippen LogP contribution is 2.30. The van der Waals surface area contributed by atoms with Crippen molar-refractivity contribution in [3.63, 3.8) is 0 Å². The van der Waals surface area contributed by atoms with Crippen LogP contribution in [0.3, 0.4) is 0 Å². The Bertz CT molecular complexity index is 744. The van der Waals surface area contributed by atoms with Gasteiger partial charge in [-0.15, -0.1) is 0 Å². The van der Waals surface area contributed by atoms with E-state index in [0.717, 1.165) is 16.8 Å². The van der Waals surface area contributed by atoms with Crippen molar-refractivity contribution in [3.05, 3.63) is 57.6 Å². The molecule has 128 valence electrons. The number of anilines is 1. The Morgan fingerprint density at radius 2 is 1.83 bits per heavy atom. The van der Waals surface area contributed by atoms with Crippen LogP contribution in [0, 0.1) is 6.92 Å². The van der Waals surface area contributed by atoms with Crippen LogP contribution in [0.1, 0.15) is 37.8 Å². The third-order valence-corrected chi connectivity index (χ3v) is 4.29. The van der Waals surface area contributed by atoms with Gasteiger partial charge in [0.2, 0.25) is 0 Å². The van der Waals surface area contributed by atoms with Gasteiger partial charge in [0.15, 0.2) is 6.10 Å². The molecule has 2 rings (SSSR count). The number of aryl methyl sites for hydroxylation is 1. The van der Waals surface area contributed by atoms with Gasteiger partial charge < -0.3 is 10.1 Å². The first-order valence-corrected chi connectivity index (χ1v) is 8.57. The summed E-state index contributed by atoms with van der Waals surface area (Å²) in [5, 5.41) is 3.89. The van der Waals surface area contributed by atoms with Crippen LogP contribution in [-0.4, -0.2) is 12.0 Å². The first kappa shape index (κ1) is 18.6. The molecule has 1 amide bonds. The molecule has 0 heterocycles. The minimum absolute atomic E-state index is 0.234. The average Bonchev–Trinajstić information content (AvgIpc) is 2.52. The lowest BCUT2D eigenvalue weighted by molar-refractivity contribution is -0.122. The number of rotatable bonds is 5. The molecule has 5 heteroatoms. The highest BCUT2D eigenvalue weighted by Gasteiger charge is 2.19. The van der Waals surface area contributed by atoms with Gasteiger partial charge in [0, 0.05) is 16.8 Å². The molecule has 3 nitrogen and oxygen atoms in total. The second-order valence-electron chi connectivity index (χ2n) is 6.02. The molecule has 0 radical (unpaired) electrons. The molecule has 0 aliphatic carbocycles. The molecule has 24 heavy (non-hydrogen) atoms. The number of para-hydroxylation sites is 1. The number of hydrogen-bond acceptors (Lipinski definition) is 2. The first-order chi connectivity index (χ1) is 11.3. The van der Waals surface area contributed by atoms with Crippen molar-refractivity contribution >= 4 is 34.8 Å². The minimum atomic E-state index is -0.708. The number of hydrogen-bond donors (Lipinski definition) is 1. The molecular formula is C19H21Cl2NO2. The van der Waals surface area contributed by atoms with Gasteiger partial charge >= 0.3 is 0 Å². The van der Waals surface area contributed by atoms with Crippen molar-refractivity contribution in [2.45, 2.75) is 39.7 Å². The molecule has 0 saturated carbocycles. The van der Waals surface area contributed by atoms with Crippen LogP contribution in [0.25, 0.3) is 0 Å². The van der Waals surface area contributed by atoms with Gasteiger partial charge in [-0.05, 0) is 43.0 Å². The maximum absolute atomic E-state index is 12.5. The number of amides is 1. The largest absolute Gasteiger partial charge is 0.479 e. The highest BCUT2D eigenvalue weighted by molar-refractivity contribution is 6.34. The normalized spacial score (nSPS) is 12.1. The van der Waals surface area contributed by atoms with E-state index in [1.807, 2.05) is 25.1 Å². The number of carbonyl (C=O) groups is 1. The molecule has 1 N–H and O–H groups in total. The number of carbonyl (C=O) groups excluding carboxylic acids is 1. The summed E-state index contributed by atoms with van der Waals surface area (Å²) in [5.74, 6) is 0.460. The Kier molecular flexibility index (Phi) is 6.14. The van der Waals surface area contributed by atoms with E-state index in [9.17, 15) is 4.79 Å². The summed E-state index contributed by atoms with van der Waals surface area (Å²) in [6.07, 6.45) is -0.708. The number of halogens is 2. The van der Waals surface area contributed by atoms with E-state index in [2.05, 4.69) is 19.2 Å². The Morgan fingerprint density at radius 3 is 2.50 bits per heavy atom. The van der Waals surface area contributed by atoms with E-state index in [4.69, 9.17) is 27.9 Å². The lowest BCUT2D eigenvalue weighted by atomic mass is 9.98. The van der Waals surface area contributed by atoms with Crippen molar-refractivity contribution in [1.29, 1.82) is 0 Å². The molecule has 0 saturated heterocycles. The predicted octanol–water partition coefficient (Wildman–Crippen LogP) is 5.83. The van der Waals surface area contributed by atoms with Crippen LogP contribution in [0.5, 0.6) is 5.75 Å². The summed E-state index contributed by atoms with van der Waals surface area (Å²) in [7, 11) is 0. The van der Waals surface area contributed by atoms with E-state index >= 15 is 0 Å². The molecule has 0 fully saturated rings. The van der Waals surface area contributed by atoms with E-state index in [0.29, 0.717) is 21.7 Å². The zero-order chi connectivity index (χ0) is 17.9. The predicted molar refractivity (Wildman–Crippen MR) is 100 cm³/mol. The SMILES string of the molecule is Cc1cccc(C(C)C)c1NC(=O)[C@H](C)Oc1cc(Cl)ccc1Cl. The summed E-state index contributed by atoms with van der Waals surface area (Å²) in [6, 6.07) is 10.9. The third-order valence-electron chi connectivity index (χ3n) is 3.74. The molecule has 1 atom stereocenters. The summed E-state index contributed by atoms with van der Waals surface area (Å²) >= 11 is 12.0. The lowest BCUT2D eigenvalue weighted by Crippen LogP contribution is -2.31. The number of benzene rings is 2. The van der Waals surface area contributed by atoms with Crippen LogP contribution < -0.4 is 10.1 Å². The standard InChI is InChI=1S/C19H21Cl2NO2/c1-11(2)15-7-5-6-12(3)18(15)22-19(23)13(4)24-17-10-14(20)8-9-16(17)21/h5-11,13H,1-4H3,(H,22,23)/t13-/m0/s1. The molecule has 0 aliphatic rings. The Hall–Kier alpha value is -1.71. The highest BCUT2D eigenvalue weighted by atomic mass is 35.5. The van der Waals surface area contributed by atoms with Gasteiger partial charge in [-0.25, -0.2) is 0 Å². The van der Waals surface area contributed by atoms with Crippen LogP contribution in [0.2, 0.25) is 10.0 Å². The van der Waals surface area contributed by atoms with Gasteiger partial charge in [-0.3, -0.25) is 4.79 Å². The molecule has 0 aliphatic heterocycles. The van der Waals surface area contributed by atoms with Gasteiger partial charge in [0.05, 0.1) is 5.02 Å². The molecule has 2 aromatic rings. The van der Waals surface area contributed by atoms with Crippen molar-refractivity contribution in [1.82, 2.24) is 0 Å². The quantitative estimate of drug-likeness (QED) is 0.723. The molecule has 0 spiro atoms. The average molecular weight is 366 g/mol. The van der Waals surface area contributed by atoms with Gasteiger partial charge in [0.1, 0.15) is 5.75 Å². The van der Waals surface area contributed by atoms with Crippen LogP contribution in [0.15, 0.2) is 36.4 Å². The summed E-state index contributed by atoms with van der Waals surface area (Å²) in [4.78, 5) is 12.5. The second-order valence-corrected chi connectivity index (χ2v) is 6.86. The smallest absolute Gasteiger partial charge is 0.265 e. The zero-order valence-corrected chi connectivity index (χ0v) is 15.7. The molecule has 0 aromatic heterocycles. The summed E-state index contributed by atoms with van der Waals surface area (Å²) < 4.78 is 5.67. The fraction of sp³-hybridized carbons (Fsp3) is 0.316. The Labute approximate surface area is 152 Å². The van der Waals surface area contributed by atoms with Gasteiger partial charge in [0.25, 0.3) is 5.91 Å². The fourth-order valence-corrected chi connectivity index (χ4v) is 2.70. The van der Waals surface area contributed by atoms with Crippen molar-refractivity contribution in [2.75, 3.05) is 5.32 Å². The van der Waals surface area contributed by atoms with Gasteiger partial charge in [-0.2, -0.15) is 0 Å². The van der Waals surface area contributed by atoms with Crippen LogP contribution in [0.4, 0.5) is 5.69 Å². The van der Waals surface area contributed by atoms with Gasteiger partial charge in [-0.1, -0.05) is 55.2 Å². The van der Waals surface area contributed by atoms with E-state index in [1.54, 1.807) is 25.1 Å². The lowest BCUT2D eigenvalue weighted by Gasteiger charge is -2.20. The molecule has 0 bridgehead atoms. The monoisotopic (exact) mass is 365 g/mol. The molecule has 0 unspecified atom stereocenters. The summed E-state index contributed by atoms with van der Waals surface area (Å²) in [6.45, 7) is 7.84. The first-order valence-electron chi connectivity index (χ1n) is 7.81. The fourth-order valence-electron chi connectivity index (χ4n) is 2.38. The second kappa shape index (κ2) is 7.91. The molecular weight excluding hydrogens is 345 g/mol. The number of nitrogens with one attached hydrogen (secondary N) is 1. The van der Waals surface area contributed by atoms with Crippen LogP contribution >= 0.6 is 23.2 Å². The maximum atomic E-state index is 12.5. The third kappa shape index (κ3) is 4.43. The molecule has 2 aromatic carbocycles. The minimum Gasteiger partial charge on any atom is -0.479 e.